The van der Waals surface area contributed by atoms with Crippen LogP contribution in [0.2, 0.25) is 0 Å². The summed E-state index contributed by atoms with van der Waals surface area (Å²) in [6.45, 7) is 4.86. The van der Waals surface area contributed by atoms with Crippen LogP contribution in [-0.4, -0.2) is 30.1 Å². The Bertz CT molecular complexity index is 189. The van der Waals surface area contributed by atoms with Crippen LogP contribution >= 0.6 is 0 Å². The molecule has 0 radical (unpaired) electrons. The molecule has 0 amide bonds. The first-order chi connectivity index (χ1) is 7.29. The molecule has 2 aliphatic carbocycles. The fraction of sp³-hybridized carbons (Fsp3) is 1.00. The molecule has 2 unspecified atom stereocenters. The Labute approximate surface area is 94.2 Å². The summed E-state index contributed by atoms with van der Waals surface area (Å²) in [6.07, 6.45) is 9.61. The molecule has 2 nitrogen and oxygen atoms in total. The van der Waals surface area contributed by atoms with Gasteiger partial charge in [0.15, 0.2) is 0 Å². The van der Waals surface area contributed by atoms with E-state index in [0.29, 0.717) is 6.04 Å². The molecule has 88 valence electrons. The van der Waals surface area contributed by atoms with Crippen molar-refractivity contribution in [3.8, 4) is 0 Å². The molecule has 0 aliphatic heterocycles. The van der Waals surface area contributed by atoms with Gasteiger partial charge in [-0.1, -0.05) is 19.8 Å². The monoisotopic (exact) mass is 210 g/mol. The van der Waals surface area contributed by atoms with Gasteiger partial charge in [-0.15, -0.1) is 0 Å². The van der Waals surface area contributed by atoms with E-state index < -0.39 is 0 Å². The van der Waals surface area contributed by atoms with E-state index in [-0.39, 0.29) is 0 Å². The highest BCUT2D eigenvalue weighted by Crippen LogP contribution is 2.30. The van der Waals surface area contributed by atoms with Crippen molar-refractivity contribution in [2.75, 3.05) is 13.1 Å². The molecule has 0 saturated heterocycles. The van der Waals surface area contributed by atoms with Gasteiger partial charge in [0.05, 0.1) is 0 Å². The minimum Gasteiger partial charge on any atom is -0.328 e. The topological polar surface area (TPSA) is 29.3 Å². The summed E-state index contributed by atoms with van der Waals surface area (Å²) in [4.78, 5) is 2.70. The molecule has 2 heteroatoms. The van der Waals surface area contributed by atoms with Gasteiger partial charge in [-0.05, 0) is 44.6 Å². The van der Waals surface area contributed by atoms with Crippen LogP contribution in [0.15, 0.2) is 0 Å². The molecule has 0 bridgehead atoms. The maximum absolute atomic E-state index is 6.07. The summed E-state index contributed by atoms with van der Waals surface area (Å²) in [6, 6.07) is 1.26. The van der Waals surface area contributed by atoms with Crippen molar-refractivity contribution in [2.45, 2.75) is 64.0 Å². The first kappa shape index (κ1) is 11.4. The van der Waals surface area contributed by atoms with Crippen molar-refractivity contribution in [2.24, 2.45) is 11.7 Å². The summed E-state index contributed by atoms with van der Waals surface area (Å²) in [5.41, 5.74) is 6.07. The minimum atomic E-state index is 0.471. The second kappa shape index (κ2) is 5.31. The first-order valence-electron chi connectivity index (χ1n) is 6.79. The largest absolute Gasteiger partial charge is 0.328 e. The molecule has 2 rings (SSSR count). The summed E-state index contributed by atoms with van der Waals surface area (Å²) in [5.74, 6) is 1.00. The molecule has 0 aromatic carbocycles. The molecule has 0 aromatic heterocycles. The van der Waals surface area contributed by atoms with E-state index in [1.54, 1.807) is 0 Å². The average Bonchev–Trinajstić information content (AvgIpc) is 2.16. The molecule has 0 spiro atoms. The van der Waals surface area contributed by atoms with Gasteiger partial charge in [-0.25, -0.2) is 0 Å². The second-order valence-electron chi connectivity index (χ2n) is 5.46. The van der Waals surface area contributed by atoms with Gasteiger partial charge in [0.1, 0.15) is 0 Å². The van der Waals surface area contributed by atoms with Crippen molar-refractivity contribution in [3.63, 3.8) is 0 Å². The van der Waals surface area contributed by atoms with Crippen molar-refractivity contribution >= 4 is 0 Å². The SMILES string of the molecule is CCN(CC1CCC1)C1CCCC(N)C1. The molecule has 0 heterocycles. The third kappa shape index (κ3) is 2.94. The van der Waals surface area contributed by atoms with Gasteiger partial charge in [0.25, 0.3) is 0 Å². The zero-order valence-electron chi connectivity index (χ0n) is 10.1. The van der Waals surface area contributed by atoms with Crippen LogP contribution in [0.25, 0.3) is 0 Å². The van der Waals surface area contributed by atoms with E-state index in [1.165, 1.54) is 58.0 Å². The predicted molar refractivity (Wildman–Crippen MR) is 64.8 cm³/mol. The fourth-order valence-electron chi connectivity index (χ4n) is 3.08. The van der Waals surface area contributed by atoms with Gasteiger partial charge in [-0.3, -0.25) is 0 Å². The first-order valence-corrected chi connectivity index (χ1v) is 6.79. The molecular formula is C13H26N2. The van der Waals surface area contributed by atoms with Crippen LogP contribution in [0, 0.1) is 5.92 Å². The van der Waals surface area contributed by atoms with E-state index in [0.717, 1.165) is 12.0 Å². The Kier molecular flexibility index (Phi) is 4.04. The van der Waals surface area contributed by atoms with Crippen molar-refractivity contribution in [1.29, 1.82) is 0 Å². The van der Waals surface area contributed by atoms with Crippen molar-refractivity contribution < 1.29 is 0 Å². The van der Waals surface area contributed by atoms with Crippen LogP contribution in [0.5, 0.6) is 0 Å². The van der Waals surface area contributed by atoms with Crippen LogP contribution in [0.3, 0.4) is 0 Å². The molecule has 0 aromatic rings. The maximum Gasteiger partial charge on any atom is 0.0110 e. The van der Waals surface area contributed by atoms with Crippen LogP contribution in [-0.2, 0) is 0 Å². The zero-order chi connectivity index (χ0) is 10.7. The van der Waals surface area contributed by atoms with Crippen molar-refractivity contribution in [1.82, 2.24) is 4.90 Å². The van der Waals surface area contributed by atoms with Gasteiger partial charge in [0.2, 0.25) is 0 Å². The van der Waals surface area contributed by atoms with E-state index in [4.69, 9.17) is 5.73 Å². The molecule has 2 fully saturated rings. The summed E-state index contributed by atoms with van der Waals surface area (Å²) in [7, 11) is 0. The Morgan fingerprint density at radius 1 is 1.13 bits per heavy atom. The summed E-state index contributed by atoms with van der Waals surface area (Å²) >= 11 is 0. The Morgan fingerprint density at radius 3 is 2.40 bits per heavy atom. The van der Waals surface area contributed by atoms with Crippen LogP contribution < -0.4 is 5.73 Å². The lowest BCUT2D eigenvalue weighted by atomic mass is 9.83. The van der Waals surface area contributed by atoms with Crippen molar-refractivity contribution in [3.05, 3.63) is 0 Å². The van der Waals surface area contributed by atoms with Crippen LogP contribution in [0.4, 0.5) is 0 Å². The van der Waals surface area contributed by atoms with E-state index in [1.807, 2.05) is 0 Å². The van der Waals surface area contributed by atoms with Gasteiger partial charge in [-0.2, -0.15) is 0 Å². The second-order valence-corrected chi connectivity index (χ2v) is 5.46. The third-order valence-electron chi connectivity index (χ3n) is 4.33. The van der Waals surface area contributed by atoms with Gasteiger partial charge in [0, 0.05) is 18.6 Å². The number of hydrogen-bond acceptors (Lipinski definition) is 2. The zero-order valence-corrected chi connectivity index (χ0v) is 10.1. The maximum atomic E-state index is 6.07. The lowest BCUT2D eigenvalue weighted by molar-refractivity contribution is 0.108. The quantitative estimate of drug-likeness (QED) is 0.772. The normalized spacial score (nSPS) is 33.0. The highest BCUT2D eigenvalue weighted by Gasteiger charge is 2.27. The molecular weight excluding hydrogens is 184 g/mol. The smallest absolute Gasteiger partial charge is 0.0110 e. The Hall–Kier alpha value is -0.0800. The summed E-state index contributed by atoms with van der Waals surface area (Å²) in [5, 5.41) is 0. The van der Waals surface area contributed by atoms with Gasteiger partial charge >= 0.3 is 0 Å². The number of hydrogen-bond donors (Lipinski definition) is 1. The molecule has 2 N–H and O–H groups in total. The van der Waals surface area contributed by atoms with E-state index >= 15 is 0 Å². The predicted octanol–water partition coefficient (Wildman–Crippen LogP) is 2.38. The Morgan fingerprint density at radius 2 is 1.87 bits per heavy atom. The third-order valence-corrected chi connectivity index (χ3v) is 4.33. The highest BCUT2D eigenvalue weighted by molar-refractivity contribution is 4.84. The average molecular weight is 210 g/mol. The molecule has 2 saturated carbocycles. The Balaban J connectivity index is 1.81. The fourth-order valence-corrected chi connectivity index (χ4v) is 3.08. The lowest BCUT2D eigenvalue weighted by Gasteiger charge is -2.39. The number of nitrogens with zero attached hydrogens (tertiary/aromatic N) is 1. The standard InChI is InChI=1S/C13H26N2/c1-2-15(10-11-5-3-6-11)13-8-4-7-12(14)9-13/h11-13H,2-10,14H2,1H3. The molecule has 15 heavy (non-hydrogen) atoms. The highest BCUT2D eigenvalue weighted by atomic mass is 15.2. The number of nitrogens with two attached hydrogens (primary N) is 1. The molecule has 2 atom stereocenters. The van der Waals surface area contributed by atoms with Crippen LogP contribution in [0.1, 0.15) is 51.9 Å². The number of rotatable bonds is 4. The summed E-state index contributed by atoms with van der Waals surface area (Å²) < 4.78 is 0. The van der Waals surface area contributed by atoms with Gasteiger partial charge < -0.3 is 10.6 Å². The van der Waals surface area contributed by atoms with E-state index in [2.05, 4.69) is 11.8 Å². The van der Waals surface area contributed by atoms with E-state index in [9.17, 15) is 0 Å². The molecule has 2 aliphatic rings. The lowest BCUT2D eigenvalue weighted by Crippen LogP contribution is -2.45. The minimum absolute atomic E-state index is 0.471.